The van der Waals surface area contributed by atoms with Gasteiger partial charge in [-0.25, -0.2) is 4.79 Å². The van der Waals surface area contributed by atoms with Gasteiger partial charge in [-0.2, -0.15) is 0 Å². The topological polar surface area (TPSA) is 109 Å². The summed E-state index contributed by atoms with van der Waals surface area (Å²) in [6.45, 7) is 4.28. The standard InChI is InChI=1S/C25H34N2O6/c1-17(2)23(26)24(28)27-12-5-13-32-25(29)33-20-10-8-18(9-11-20)6-7-19-14-21(30-3)16-22(15-19)31-4/h8-11,14-17,23H,5-7,12-13,26H2,1-4H3,(H,27,28). The van der Waals surface area contributed by atoms with Crippen molar-refractivity contribution in [2.24, 2.45) is 11.7 Å². The average molecular weight is 459 g/mol. The molecule has 8 nitrogen and oxygen atoms in total. The number of nitrogens with two attached hydrogens (primary N) is 1. The molecule has 0 saturated carbocycles. The largest absolute Gasteiger partial charge is 0.513 e. The van der Waals surface area contributed by atoms with E-state index >= 15 is 0 Å². The zero-order chi connectivity index (χ0) is 24.2. The zero-order valence-electron chi connectivity index (χ0n) is 19.8. The van der Waals surface area contributed by atoms with Gasteiger partial charge in [0.05, 0.1) is 26.9 Å². The summed E-state index contributed by atoms with van der Waals surface area (Å²) in [6.07, 6.45) is 1.32. The first-order chi connectivity index (χ1) is 15.8. The first kappa shape index (κ1) is 26.0. The number of methoxy groups -OCH3 is 2. The Balaban J connectivity index is 1.71. The molecule has 3 N–H and O–H groups in total. The number of rotatable bonds is 12. The van der Waals surface area contributed by atoms with E-state index in [1.165, 1.54) is 0 Å². The van der Waals surface area contributed by atoms with Crippen LogP contribution in [0.1, 0.15) is 31.4 Å². The van der Waals surface area contributed by atoms with Crippen molar-refractivity contribution in [2.75, 3.05) is 27.4 Å². The van der Waals surface area contributed by atoms with Crippen molar-refractivity contribution in [1.29, 1.82) is 0 Å². The van der Waals surface area contributed by atoms with E-state index < -0.39 is 12.2 Å². The Bertz CT molecular complexity index is 876. The normalized spacial score (nSPS) is 11.6. The van der Waals surface area contributed by atoms with E-state index in [1.807, 2.05) is 44.2 Å². The minimum Gasteiger partial charge on any atom is -0.497 e. The second kappa shape index (κ2) is 13.3. The Morgan fingerprint density at radius 3 is 2.09 bits per heavy atom. The highest BCUT2D eigenvalue weighted by Gasteiger charge is 2.16. The minimum absolute atomic E-state index is 0.0629. The molecular weight excluding hydrogens is 424 g/mol. The molecule has 1 atom stereocenters. The second-order valence-corrected chi connectivity index (χ2v) is 7.98. The third kappa shape index (κ3) is 9.02. The fraction of sp³-hybridized carbons (Fsp3) is 0.440. The molecule has 0 aliphatic carbocycles. The summed E-state index contributed by atoms with van der Waals surface area (Å²) >= 11 is 0. The SMILES string of the molecule is COc1cc(CCc2ccc(OC(=O)OCCCNC(=O)C(N)C(C)C)cc2)cc(OC)c1. The summed E-state index contributed by atoms with van der Waals surface area (Å²) in [4.78, 5) is 23.6. The number of aryl methyl sites for hydroxylation is 2. The van der Waals surface area contributed by atoms with Crippen molar-refractivity contribution in [1.82, 2.24) is 5.32 Å². The van der Waals surface area contributed by atoms with Crippen molar-refractivity contribution in [3.63, 3.8) is 0 Å². The van der Waals surface area contributed by atoms with Gasteiger partial charge in [0.1, 0.15) is 17.2 Å². The molecule has 2 aromatic rings. The fourth-order valence-electron chi connectivity index (χ4n) is 3.01. The molecule has 0 fully saturated rings. The van der Waals surface area contributed by atoms with Gasteiger partial charge < -0.3 is 30.0 Å². The van der Waals surface area contributed by atoms with E-state index in [-0.39, 0.29) is 18.4 Å². The number of hydrogen-bond acceptors (Lipinski definition) is 7. The van der Waals surface area contributed by atoms with Gasteiger partial charge in [-0.3, -0.25) is 4.79 Å². The number of benzene rings is 2. The smallest absolute Gasteiger partial charge is 0.497 e. The van der Waals surface area contributed by atoms with Gasteiger partial charge in [-0.15, -0.1) is 0 Å². The zero-order valence-corrected chi connectivity index (χ0v) is 19.8. The number of ether oxygens (including phenoxy) is 4. The van der Waals surface area contributed by atoms with Gasteiger partial charge in [-0.05, 0) is 60.6 Å². The summed E-state index contributed by atoms with van der Waals surface area (Å²) in [5, 5.41) is 2.72. The predicted molar refractivity (Wildman–Crippen MR) is 126 cm³/mol. The van der Waals surface area contributed by atoms with Crippen LogP contribution in [0.3, 0.4) is 0 Å². The van der Waals surface area contributed by atoms with Gasteiger partial charge in [0.2, 0.25) is 5.91 Å². The van der Waals surface area contributed by atoms with Gasteiger partial charge in [0.15, 0.2) is 0 Å². The van der Waals surface area contributed by atoms with Crippen molar-refractivity contribution < 1.29 is 28.5 Å². The van der Waals surface area contributed by atoms with Gasteiger partial charge in [-0.1, -0.05) is 26.0 Å². The lowest BCUT2D eigenvalue weighted by molar-refractivity contribution is -0.123. The maximum Gasteiger partial charge on any atom is 0.513 e. The molecule has 0 radical (unpaired) electrons. The molecule has 0 saturated heterocycles. The summed E-state index contributed by atoms with van der Waals surface area (Å²) in [7, 11) is 3.26. The van der Waals surface area contributed by atoms with Crippen molar-refractivity contribution in [2.45, 2.75) is 39.2 Å². The summed E-state index contributed by atoms with van der Waals surface area (Å²) < 4.78 is 20.9. The molecule has 1 amide bonds. The van der Waals surface area contributed by atoms with E-state index in [1.54, 1.807) is 26.4 Å². The summed E-state index contributed by atoms with van der Waals surface area (Å²) in [5.74, 6) is 1.77. The lowest BCUT2D eigenvalue weighted by Crippen LogP contribution is -2.44. The first-order valence-electron chi connectivity index (χ1n) is 11.0. The molecule has 0 bridgehead atoms. The fourth-order valence-corrected chi connectivity index (χ4v) is 3.01. The van der Waals surface area contributed by atoms with Crippen LogP contribution in [0, 0.1) is 5.92 Å². The molecule has 33 heavy (non-hydrogen) atoms. The Labute approximate surface area is 195 Å². The average Bonchev–Trinajstić information content (AvgIpc) is 2.82. The van der Waals surface area contributed by atoms with E-state index in [9.17, 15) is 9.59 Å². The van der Waals surface area contributed by atoms with E-state index in [0.29, 0.717) is 18.7 Å². The molecule has 180 valence electrons. The van der Waals surface area contributed by atoms with Crippen LogP contribution in [0.2, 0.25) is 0 Å². The van der Waals surface area contributed by atoms with Crippen LogP contribution in [0.5, 0.6) is 17.2 Å². The monoisotopic (exact) mass is 458 g/mol. The number of nitrogens with one attached hydrogen (secondary N) is 1. The van der Waals surface area contributed by atoms with Crippen LogP contribution in [0.25, 0.3) is 0 Å². The third-order valence-electron chi connectivity index (χ3n) is 5.10. The molecule has 0 spiro atoms. The van der Waals surface area contributed by atoms with E-state index in [4.69, 9.17) is 24.7 Å². The van der Waals surface area contributed by atoms with Crippen molar-refractivity contribution in [3.8, 4) is 17.2 Å². The van der Waals surface area contributed by atoms with Crippen LogP contribution in [0.15, 0.2) is 42.5 Å². The van der Waals surface area contributed by atoms with Crippen LogP contribution < -0.4 is 25.3 Å². The Hall–Kier alpha value is -3.26. The van der Waals surface area contributed by atoms with Gasteiger partial charge in [0, 0.05) is 12.6 Å². The number of carbonyl (C=O) groups excluding carboxylic acids is 2. The molecule has 2 rings (SSSR count). The number of carbonyl (C=O) groups is 2. The maximum atomic E-state index is 11.8. The lowest BCUT2D eigenvalue weighted by Gasteiger charge is -2.15. The predicted octanol–water partition coefficient (Wildman–Crippen LogP) is 3.49. The quantitative estimate of drug-likeness (QED) is 0.285. The Kier molecular flexibility index (Phi) is 10.5. The molecule has 8 heteroatoms. The highest BCUT2D eigenvalue weighted by atomic mass is 16.7. The second-order valence-electron chi connectivity index (χ2n) is 7.98. The molecular formula is C25H34N2O6. The number of hydrogen-bond donors (Lipinski definition) is 2. The minimum atomic E-state index is -0.781. The lowest BCUT2D eigenvalue weighted by atomic mass is 10.0. The highest BCUT2D eigenvalue weighted by molar-refractivity contribution is 5.81. The maximum absolute atomic E-state index is 11.8. The van der Waals surface area contributed by atoms with E-state index in [0.717, 1.165) is 35.5 Å². The van der Waals surface area contributed by atoms with Crippen LogP contribution in [-0.4, -0.2) is 45.5 Å². The summed E-state index contributed by atoms with van der Waals surface area (Å²) in [6, 6.07) is 12.6. The Morgan fingerprint density at radius 2 is 1.52 bits per heavy atom. The number of amides is 1. The highest BCUT2D eigenvalue weighted by Crippen LogP contribution is 2.24. The van der Waals surface area contributed by atoms with Gasteiger partial charge in [0.25, 0.3) is 0 Å². The van der Waals surface area contributed by atoms with E-state index in [2.05, 4.69) is 5.32 Å². The van der Waals surface area contributed by atoms with Crippen LogP contribution in [0.4, 0.5) is 4.79 Å². The molecule has 0 aromatic heterocycles. The van der Waals surface area contributed by atoms with Crippen molar-refractivity contribution >= 4 is 12.1 Å². The van der Waals surface area contributed by atoms with Crippen LogP contribution in [-0.2, 0) is 22.4 Å². The third-order valence-corrected chi connectivity index (χ3v) is 5.10. The molecule has 0 heterocycles. The van der Waals surface area contributed by atoms with Crippen LogP contribution >= 0.6 is 0 Å². The molecule has 0 aliphatic rings. The van der Waals surface area contributed by atoms with Crippen molar-refractivity contribution in [3.05, 3.63) is 53.6 Å². The molecule has 2 aromatic carbocycles. The first-order valence-corrected chi connectivity index (χ1v) is 11.0. The van der Waals surface area contributed by atoms with Gasteiger partial charge >= 0.3 is 6.16 Å². The molecule has 1 unspecified atom stereocenters. The Morgan fingerprint density at radius 1 is 0.909 bits per heavy atom. The summed E-state index contributed by atoms with van der Waals surface area (Å²) in [5.41, 5.74) is 7.98. The molecule has 0 aliphatic heterocycles.